The van der Waals surface area contributed by atoms with Gasteiger partial charge in [-0.25, -0.2) is 4.68 Å². The number of nitrogens with zero attached hydrogens (tertiary/aromatic N) is 5. The second kappa shape index (κ2) is 19.8. The number of terminal acetylenes is 1. The highest BCUT2D eigenvalue weighted by molar-refractivity contribution is 7.18. The Morgan fingerprint density at radius 3 is 2.43 bits per heavy atom. The Balaban J connectivity index is 1.37. The van der Waals surface area contributed by atoms with Crippen LogP contribution in [0.25, 0.3) is 11.0 Å². The van der Waals surface area contributed by atoms with Crippen molar-refractivity contribution in [2.75, 3.05) is 64.3 Å². The predicted octanol–water partition coefficient (Wildman–Crippen LogP) is 6.73. The van der Waals surface area contributed by atoms with Crippen LogP contribution < -0.4 is 4.90 Å². The number of hydrogen-bond acceptors (Lipinski definition) is 9. The van der Waals surface area contributed by atoms with Crippen LogP contribution in [-0.4, -0.2) is 90.4 Å². The molecule has 3 heterocycles. The van der Waals surface area contributed by atoms with E-state index in [-0.39, 0.29) is 22.8 Å². The molecular formula is C34H48Cl2N5O5P. The van der Waals surface area contributed by atoms with E-state index in [9.17, 15) is 0 Å². The van der Waals surface area contributed by atoms with Gasteiger partial charge in [0.05, 0.1) is 63.9 Å². The topological polar surface area (TPSA) is 93.0 Å². The largest absolute Gasteiger partial charge is 0.377 e. The molecule has 2 aromatic heterocycles. The predicted molar refractivity (Wildman–Crippen MR) is 190 cm³/mol. The molecule has 0 aliphatic carbocycles. The van der Waals surface area contributed by atoms with Gasteiger partial charge in [0, 0.05) is 18.1 Å². The van der Waals surface area contributed by atoms with Crippen LogP contribution in [0.2, 0.25) is 10.3 Å². The second-order valence-electron chi connectivity index (χ2n) is 12.0. The first-order valence-corrected chi connectivity index (χ1v) is 17.7. The number of benzene rings is 1. The van der Waals surface area contributed by atoms with Crippen molar-refractivity contribution in [3.63, 3.8) is 0 Å². The van der Waals surface area contributed by atoms with Gasteiger partial charge in [-0.15, -0.1) is 15.7 Å². The third kappa shape index (κ3) is 12.1. The molecule has 0 saturated carbocycles. The zero-order chi connectivity index (χ0) is 33.5. The first-order chi connectivity index (χ1) is 22.8. The molecule has 0 amide bonds. The molecule has 10 nitrogen and oxygen atoms in total. The Hall–Kier alpha value is -2.06. The summed E-state index contributed by atoms with van der Waals surface area (Å²) in [5, 5.41) is 6.58. The van der Waals surface area contributed by atoms with Gasteiger partial charge in [-0.1, -0.05) is 56.0 Å². The maximum atomic E-state index is 6.57. The lowest BCUT2D eigenvalue weighted by Gasteiger charge is -2.25. The molecule has 0 N–H and O–H groups in total. The van der Waals surface area contributed by atoms with Gasteiger partial charge in [0.1, 0.15) is 12.4 Å². The zero-order valence-electron chi connectivity index (χ0n) is 27.5. The number of ether oxygens (including phenoxy) is 5. The maximum absolute atomic E-state index is 6.57. The van der Waals surface area contributed by atoms with Crippen molar-refractivity contribution >= 4 is 49.3 Å². The molecule has 1 aliphatic heterocycles. The monoisotopic (exact) mass is 707 g/mol. The molecule has 1 aliphatic rings. The normalized spacial score (nSPS) is 17.6. The average Bonchev–Trinajstić information content (AvgIpc) is 3.69. The van der Waals surface area contributed by atoms with Gasteiger partial charge in [-0.05, 0) is 60.5 Å². The first kappa shape index (κ1) is 37.8. The second-order valence-corrected chi connectivity index (χ2v) is 14.1. The smallest absolute Gasteiger partial charge is 0.226 e. The molecule has 47 heavy (non-hydrogen) atoms. The van der Waals surface area contributed by atoms with Gasteiger partial charge in [0.25, 0.3) is 0 Å². The summed E-state index contributed by atoms with van der Waals surface area (Å²) in [4.78, 5) is 11.4. The highest BCUT2D eigenvalue weighted by Gasteiger charge is 2.31. The lowest BCUT2D eigenvalue weighted by molar-refractivity contribution is -0.00789. The molecule has 4 rings (SSSR count). The van der Waals surface area contributed by atoms with E-state index >= 15 is 0 Å². The van der Waals surface area contributed by atoms with Crippen molar-refractivity contribution in [2.45, 2.75) is 76.4 Å². The number of hydrogen-bond donors (Lipinski definition) is 0. The van der Waals surface area contributed by atoms with Crippen LogP contribution >= 0.6 is 32.4 Å². The fraction of sp³-hybridized carbons (Fsp3) is 0.618. The third-order valence-corrected chi connectivity index (χ3v) is 9.16. The van der Waals surface area contributed by atoms with Crippen molar-refractivity contribution in [2.24, 2.45) is 0 Å². The zero-order valence-corrected chi connectivity index (χ0v) is 30.2. The number of aromatic nitrogens is 4. The highest BCUT2D eigenvalue weighted by atomic mass is 35.5. The van der Waals surface area contributed by atoms with Crippen molar-refractivity contribution in [3.8, 4) is 12.3 Å². The summed E-state index contributed by atoms with van der Waals surface area (Å²) in [6.45, 7) is 9.10. The van der Waals surface area contributed by atoms with Gasteiger partial charge in [-0.3, -0.25) is 0 Å². The lowest BCUT2D eigenvalue weighted by atomic mass is 9.96. The van der Waals surface area contributed by atoms with E-state index in [0.717, 1.165) is 36.6 Å². The SMILES string of the molecule is C#CCOCCOCCOCCOCCN(Cc1ccccc1Cl)c1nc(Cl)nc2c1cnn2C1CCC(CC[C@](C)(P)CCC)O1. The minimum Gasteiger partial charge on any atom is -0.377 e. The molecular weight excluding hydrogens is 660 g/mol. The van der Waals surface area contributed by atoms with Crippen molar-refractivity contribution < 1.29 is 23.7 Å². The van der Waals surface area contributed by atoms with E-state index in [4.69, 9.17) is 58.4 Å². The van der Waals surface area contributed by atoms with Crippen LogP contribution in [0.4, 0.5) is 5.82 Å². The Morgan fingerprint density at radius 1 is 1.02 bits per heavy atom. The summed E-state index contributed by atoms with van der Waals surface area (Å²) in [6.07, 6.45) is 13.3. The molecule has 1 saturated heterocycles. The van der Waals surface area contributed by atoms with E-state index in [1.165, 1.54) is 12.8 Å². The molecule has 4 atom stereocenters. The molecule has 1 fully saturated rings. The number of anilines is 1. The van der Waals surface area contributed by atoms with Crippen molar-refractivity contribution in [1.82, 2.24) is 19.7 Å². The Labute approximate surface area is 291 Å². The lowest BCUT2D eigenvalue weighted by Crippen LogP contribution is -2.29. The first-order valence-electron chi connectivity index (χ1n) is 16.4. The van der Waals surface area contributed by atoms with E-state index in [1.54, 1.807) is 6.20 Å². The van der Waals surface area contributed by atoms with Crippen LogP contribution in [0.5, 0.6) is 0 Å². The molecule has 1 aromatic carbocycles. The van der Waals surface area contributed by atoms with Crippen LogP contribution in [0, 0.1) is 12.3 Å². The number of fused-ring (bicyclic) bond motifs is 1. The summed E-state index contributed by atoms with van der Waals surface area (Å²) < 4.78 is 30.5. The molecule has 3 unspecified atom stereocenters. The minimum atomic E-state index is -0.203. The quantitative estimate of drug-likeness (QED) is 0.0488. The van der Waals surface area contributed by atoms with Crippen LogP contribution in [-0.2, 0) is 30.2 Å². The summed E-state index contributed by atoms with van der Waals surface area (Å²) in [6, 6.07) is 7.77. The van der Waals surface area contributed by atoms with Gasteiger partial charge in [0.15, 0.2) is 11.9 Å². The van der Waals surface area contributed by atoms with Gasteiger partial charge < -0.3 is 28.6 Å². The van der Waals surface area contributed by atoms with E-state index in [1.807, 2.05) is 28.9 Å². The van der Waals surface area contributed by atoms with E-state index in [2.05, 4.69) is 43.9 Å². The Kier molecular flexibility index (Phi) is 15.9. The van der Waals surface area contributed by atoms with Gasteiger partial charge >= 0.3 is 0 Å². The third-order valence-electron chi connectivity index (χ3n) is 8.05. The average molecular weight is 709 g/mol. The summed E-state index contributed by atoms with van der Waals surface area (Å²) in [5.41, 5.74) is 1.61. The maximum Gasteiger partial charge on any atom is 0.226 e. The van der Waals surface area contributed by atoms with Crippen LogP contribution in [0.1, 0.15) is 64.2 Å². The molecule has 0 spiro atoms. The minimum absolute atomic E-state index is 0.144. The fourth-order valence-electron chi connectivity index (χ4n) is 5.66. The van der Waals surface area contributed by atoms with E-state index < -0.39 is 0 Å². The summed E-state index contributed by atoms with van der Waals surface area (Å²) in [5.74, 6) is 3.09. The van der Waals surface area contributed by atoms with Gasteiger partial charge in [0.2, 0.25) is 5.28 Å². The molecule has 3 aromatic rings. The summed E-state index contributed by atoms with van der Waals surface area (Å²) >= 11 is 13.1. The Bertz CT molecular complexity index is 1420. The number of rotatable bonds is 22. The molecule has 0 radical (unpaired) electrons. The van der Waals surface area contributed by atoms with Crippen molar-refractivity contribution in [1.29, 1.82) is 0 Å². The molecule has 0 bridgehead atoms. The molecule has 13 heteroatoms. The Morgan fingerprint density at radius 2 is 1.72 bits per heavy atom. The van der Waals surface area contributed by atoms with Crippen LogP contribution in [0.3, 0.4) is 0 Å². The van der Waals surface area contributed by atoms with Crippen LogP contribution in [0.15, 0.2) is 30.5 Å². The van der Waals surface area contributed by atoms with Gasteiger partial charge in [-0.2, -0.15) is 15.1 Å². The highest BCUT2D eigenvalue weighted by Crippen LogP contribution is 2.37. The van der Waals surface area contributed by atoms with E-state index in [0.29, 0.717) is 82.4 Å². The summed E-state index contributed by atoms with van der Waals surface area (Å²) in [7, 11) is 3.03. The molecule has 258 valence electrons. The van der Waals surface area contributed by atoms with Crippen molar-refractivity contribution in [3.05, 3.63) is 46.3 Å². The standard InChI is InChI=1S/C34H48Cl2N5O5P/c1-4-13-34(3,47)14-12-27-10-11-30(46-27)41-32-28(24-37-41)31(38-33(36)39-32)40(25-26-8-6-7-9-29(26)35)15-17-43-19-21-45-23-22-44-20-18-42-16-5-2/h2,6-9,24,27,30H,4,10-23,25,47H2,1,3H3/t27?,30?,34-/m1/s1. The fourth-order valence-corrected chi connectivity index (χ4v) is 6.47. The number of halogens is 2.